The van der Waals surface area contributed by atoms with E-state index in [2.05, 4.69) is 23.2 Å². The van der Waals surface area contributed by atoms with E-state index in [1.165, 1.54) is 6.92 Å². The van der Waals surface area contributed by atoms with Crippen LogP contribution in [0.4, 0.5) is 0 Å². The van der Waals surface area contributed by atoms with Gasteiger partial charge in [0.1, 0.15) is 0 Å². The largest absolute Gasteiger partial charge is 0.347 e. The molecule has 1 aromatic carbocycles. The molecular weight excluding hydrogens is 304 g/mol. The summed E-state index contributed by atoms with van der Waals surface area (Å²) in [5, 5.41) is 11.4. The van der Waals surface area contributed by atoms with Gasteiger partial charge in [-0.3, -0.25) is 14.5 Å². The minimum absolute atomic E-state index is 0.0393. The number of hydrogen-bond donors (Lipinski definition) is 1. The molecule has 2 atom stereocenters. The first kappa shape index (κ1) is 18.0. The van der Waals surface area contributed by atoms with E-state index < -0.39 is 0 Å². The highest BCUT2D eigenvalue weighted by molar-refractivity contribution is 5.84. The van der Waals surface area contributed by atoms with Crippen LogP contribution in [0.5, 0.6) is 0 Å². The maximum Gasteiger partial charge on any atom is 0.242 e. The van der Waals surface area contributed by atoms with Crippen molar-refractivity contribution in [2.24, 2.45) is 0 Å². The predicted molar refractivity (Wildman–Crippen MR) is 90.9 cm³/mol. The van der Waals surface area contributed by atoms with E-state index >= 15 is 0 Å². The van der Waals surface area contributed by atoms with E-state index in [4.69, 9.17) is 5.26 Å². The van der Waals surface area contributed by atoms with Gasteiger partial charge in [-0.25, -0.2) is 0 Å². The third-order valence-electron chi connectivity index (χ3n) is 4.67. The Morgan fingerprint density at radius 2 is 1.88 bits per heavy atom. The van der Waals surface area contributed by atoms with Crippen LogP contribution in [0.15, 0.2) is 24.3 Å². The molecule has 0 aromatic heterocycles. The smallest absolute Gasteiger partial charge is 0.242 e. The first-order valence-corrected chi connectivity index (χ1v) is 8.19. The molecule has 0 aliphatic carbocycles. The van der Waals surface area contributed by atoms with Crippen molar-refractivity contribution < 1.29 is 9.59 Å². The lowest BCUT2D eigenvalue weighted by Crippen LogP contribution is -2.59. The summed E-state index contributed by atoms with van der Waals surface area (Å²) in [5.41, 5.74) is 1.82. The SMILES string of the molecule is CC(=O)NCC(=O)N1CCN(Cc2ccc(C#N)cc2)[C@H](C)[C@H]1C. The molecule has 0 bridgehead atoms. The van der Waals surface area contributed by atoms with Gasteiger partial charge in [0, 0.05) is 38.6 Å². The number of piperazine rings is 1. The maximum absolute atomic E-state index is 12.3. The van der Waals surface area contributed by atoms with Crippen molar-refractivity contribution in [2.75, 3.05) is 19.6 Å². The van der Waals surface area contributed by atoms with E-state index in [9.17, 15) is 9.59 Å². The molecule has 6 heteroatoms. The number of benzene rings is 1. The van der Waals surface area contributed by atoms with E-state index in [-0.39, 0.29) is 30.4 Å². The Morgan fingerprint density at radius 3 is 2.46 bits per heavy atom. The van der Waals surface area contributed by atoms with Gasteiger partial charge in [0.15, 0.2) is 0 Å². The van der Waals surface area contributed by atoms with Crippen LogP contribution >= 0.6 is 0 Å². The lowest BCUT2D eigenvalue weighted by molar-refractivity contribution is -0.138. The van der Waals surface area contributed by atoms with Gasteiger partial charge in [0.25, 0.3) is 0 Å². The lowest BCUT2D eigenvalue weighted by atomic mass is 10.0. The van der Waals surface area contributed by atoms with Gasteiger partial charge < -0.3 is 10.2 Å². The van der Waals surface area contributed by atoms with Crippen molar-refractivity contribution in [1.82, 2.24) is 15.1 Å². The van der Waals surface area contributed by atoms with Crippen LogP contribution in [0, 0.1) is 11.3 Å². The Hall–Kier alpha value is -2.39. The molecule has 1 heterocycles. The molecule has 0 unspecified atom stereocenters. The fraction of sp³-hybridized carbons (Fsp3) is 0.500. The molecule has 128 valence electrons. The van der Waals surface area contributed by atoms with Crippen LogP contribution in [0.1, 0.15) is 31.9 Å². The number of rotatable bonds is 4. The monoisotopic (exact) mass is 328 g/mol. The van der Waals surface area contributed by atoms with Crippen LogP contribution in [0.3, 0.4) is 0 Å². The number of carbonyl (C=O) groups is 2. The van der Waals surface area contributed by atoms with Gasteiger partial charge >= 0.3 is 0 Å². The van der Waals surface area contributed by atoms with E-state index in [1.54, 1.807) is 0 Å². The zero-order valence-corrected chi connectivity index (χ0v) is 14.5. The van der Waals surface area contributed by atoms with Gasteiger partial charge in [0.2, 0.25) is 11.8 Å². The first-order valence-electron chi connectivity index (χ1n) is 8.19. The highest BCUT2D eigenvalue weighted by Crippen LogP contribution is 2.19. The summed E-state index contributed by atoms with van der Waals surface area (Å²) >= 11 is 0. The quantitative estimate of drug-likeness (QED) is 0.898. The number of nitriles is 1. The summed E-state index contributed by atoms with van der Waals surface area (Å²) in [7, 11) is 0. The van der Waals surface area contributed by atoms with E-state index in [0.717, 1.165) is 18.7 Å². The number of hydrogen-bond acceptors (Lipinski definition) is 4. The van der Waals surface area contributed by atoms with Crippen LogP contribution in [-0.4, -0.2) is 53.3 Å². The summed E-state index contributed by atoms with van der Waals surface area (Å²) in [6, 6.07) is 10.0. The number of carbonyl (C=O) groups excluding carboxylic acids is 2. The van der Waals surface area contributed by atoms with Crippen LogP contribution in [0.2, 0.25) is 0 Å². The minimum Gasteiger partial charge on any atom is -0.347 e. The average Bonchev–Trinajstić information content (AvgIpc) is 2.57. The Bertz CT molecular complexity index is 635. The standard InChI is InChI=1S/C18H24N4O2/c1-13-14(2)22(18(24)11-20-15(3)23)9-8-21(13)12-17-6-4-16(10-19)5-7-17/h4-7,13-14H,8-9,11-12H2,1-3H3,(H,20,23)/t13-,14-/m1/s1. The molecule has 1 fully saturated rings. The zero-order chi connectivity index (χ0) is 17.7. The Labute approximate surface area is 143 Å². The number of amides is 2. The molecule has 1 saturated heterocycles. The molecule has 1 N–H and O–H groups in total. The van der Waals surface area contributed by atoms with Gasteiger partial charge in [-0.1, -0.05) is 12.1 Å². The van der Waals surface area contributed by atoms with Gasteiger partial charge in [-0.2, -0.15) is 5.26 Å². The molecule has 1 aromatic rings. The van der Waals surface area contributed by atoms with Crippen LogP contribution in [0.25, 0.3) is 0 Å². The van der Waals surface area contributed by atoms with Crippen LogP contribution in [-0.2, 0) is 16.1 Å². The maximum atomic E-state index is 12.3. The second-order valence-electron chi connectivity index (χ2n) is 6.26. The fourth-order valence-corrected chi connectivity index (χ4v) is 3.00. The molecule has 0 radical (unpaired) electrons. The highest BCUT2D eigenvalue weighted by atomic mass is 16.2. The Morgan fingerprint density at radius 1 is 1.21 bits per heavy atom. The second kappa shape index (κ2) is 7.93. The summed E-state index contributed by atoms with van der Waals surface area (Å²) in [4.78, 5) is 27.4. The third kappa shape index (κ3) is 4.33. The predicted octanol–water partition coefficient (Wildman–Crippen LogP) is 1.12. The van der Waals surface area contributed by atoms with Crippen molar-refractivity contribution in [1.29, 1.82) is 5.26 Å². The Kier molecular flexibility index (Phi) is 5.93. The van der Waals surface area contributed by atoms with Crippen molar-refractivity contribution >= 4 is 11.8 Å². The summed E-state index contributed by atoms with van der Waals surface area (Å²) in [6.07, 6.45) is 0. The average molecular weight is 328 g/mol. The zero-order valence-electron chi connectivity index (χ0n) is 14.5. The normalized spacial score (nSPS) is 21.2. The second-order valence-corrected chi connectivity index (χ2v) is 6.26. The lowest BCUT2D eigenvalue weighted by Gasteiger charge is -2.45. The third-order valence-corrected chi connectivity index (χ3v) is 4.67. The molecule has 1 aliphatic rings. The van der Waals surface area contributed by atoms with Gasteiger partial charge in [-0.15, -0.1) is 0 Å². The molecule has 0 saturated carbocycles. The van der Waals surface area contributed by atoms with Crippen molar-refractivity contribution in [3.05, 3.63) is 35.4 Å². The van der Waals surface area contributed by atoms with Gasteiger partial charge in [-0.05, 0) is 31.5 Å². The number of nitrogens with one attached hydrogen (secondary N) is 1. The fourth-order valence-electron chi connectivity index (χ4n) is 3.00. The number of nitrogens with zero attached hydrogens (tertiary/aromatic N) is 3. The summed E-state index contributed by atoms with van der Waals surface area (Å²) in [5.74, 6) is -0.230. The Balaban J connectivity index is 1.96. The van der Waals surface area contributed by atoms with Crippen molar-refractivity contribution in [3.63, 3.8) is 0 Å². The van der Waals surface area contributed by atoms with Crippen molar-refractivity contribution in [3.8, 4) is 6.07 Å². The molecule has 1 aliphatic heterocycles. The van der Waals surface area contributed by atoms with Crippen molar-refractivity contribution in [2.45, 2.75) is 39.4 Å². The topological polar surface area (TPSA) is 76.4 Å². The first-order chi connectivity index (χ1) is 11.4. The highest BCUT2D eigenvalue weighted by Gasteiger charge is 2.33. The van der Waals surface area contributed by atoms with E-state index in [0.29, 0.717) is 12.1 Å². The molecule has 6 nitrogen and oxygen atoms in total. The van der Waals surface area contributed by atoms with Gasteiger partial charge in [0.05, 0.1) is 18.2 Å². The summed E-state index contributed by atoms with van der Waals surface area (Å²) in [6.45, 7) is 7.87. The molecule has 0 spiro atoms. The van der Waals surface area contributed by atoms with Crippen LogP contribution < -0.4 is 5.32 Å². The van der Waals surface area contributed by atoms with E-state index in [1.807, 2.05) is 36.1 Å². The molecule has 2 amide bonds. The molecule has 2 rings (SSSR count). The molecular formula is C18H24N4O2. The summed E-state index contributed by atoms with van der Waals surface area (Å²) < 4.78 is 0. The minimum atomic E-state index is -0.191. The molecule has 24 heavy (non-hydrogen) atoms.